The van der Waals surface area contributed by atoms with Gasteiger partial charge in [-0.15, -0.1) is 0 Å². The van der Waals surface area contributed by atoms with Gasteiger partial charge in [0.2, 0.25) is 0 Å². The first-order valence-corrected chi connectivity index (χ1v) is 6.17. The van der Waals surface area contributed by atoms with Crippen LogP contribution in [0.4, 0.5) is 0 Å². The van der Waals surface area contributed by atoms with Crippen molar-refractivity contribution in [1.82, 2.24) is 0 Å². The van der Waals surface area contributed by atoms with E-state index in [1.54, 1.807) is 0 Å². The summed E-state index contributed by atoms with van der Waals surface area (Å²) in [5.74, 6) is 0. The van der Waals surface area contributed by atoms with Crippen LogP contribution in [0, 0.1) is 0 Å². The summed E-state index contributed by atoms with van der Waals surface area (Å²) in [5.41, 5.74) is 0. The van der Waals surface area contributed by atoms with Crippen molar-refractivity contribution in [2.75, 3.05) is 7.11 Å². The summed E-state index contributed by atoms with van der Waals surface area (Å²) in [4.78, 5) is 0. The van der Waals surface area contributed by atoms with Crippen LogP contribution >= 0.6 is 30.1 Å². The van der Waals surface area contributed by atoms with Gasteiger partial charge in [0.15, 0.2) is 0 Å². The molecule has 41 valence electrons. The Hall–Kier alpha value is 1.36. The minimum atomic E-state index is -1.62. The Bertz CT molecular complexity index is 15.5. The standard InChI is InChI=1S/CH4O.3ClH.Cr/c1-2;;;;/h2H,1H3;3*1H;/q;;;;+3/p-3. The van der Waals surface area contributed by atoms with E-state index in [0.29, 0.717) is 0 Å². The van der Waals surface area contributed by atoms with Crippen LogP contribution in [0.25, 0.3) is 0 Å². The van der Waals surface area contributed by atoms with Crippen molar-refractivity contribution in [2.45, 2.75) is 0 Å². The number of aliphatic hydroxyl groups is 1. The van der Waals surface area contributed by atoms with Crippen molar-refractivity contribution in [3.05, 3.63) is 0 Å². The van der Waals surface area contributed by atoms with E-state index in [2.05, 4.69) is 0 Å². The number of halogens is 3. The predicted molar refractivity (Wildman–Crippen MR) is 25.7 cm³/mol. The fourth-order valence-electron chi connectivity index (χ4n) is 0. The van der Waals surface area contributed by atoms with E-state index in [1.165, 1.54) is 0 Å². The third-order valence-electron chi connectivity index (χ3n) is 0. The van der Waals surface area contributed by atoms with Crippen LogP contribution < -0.4 is 0 Å². The first kappa shape index (κ1) is 10.4. The van der Waals surface area contributed by atoms with E-state index in [1.807, 2.05) is 0 Å². The Labute approximate surface area is 53.8 Å². The fourth-order valence-corrected chi connectivity index (χ4v) is 0. The molecule has 0 heterocycles. The summed E-state index contributed by atoms with van der Waals surface area (Å²) >= 11 is -1.62. The van der Waals surface area contributed by atoms with Gasteiger partial charge in [-0.05, 0) is 0 Å². The second kappa shape index (κ2) is 9.61. The van der Waals surface area contributed by atoms with Crippen LogP contribution in [0.1, 0.15) is 0 Å². The molecule has 1 N–H and O–H groups in total. The third kappa shape index (κ3) is 55.0. The van der Waals surface area contributed by atoms with Gasteiger partial charge in [-0.2, -0.15) is 0 Å². The third-order valence-corrected chi connectivity index (χ3v) is 0. The topological polar surface area (TPSA) is 20.2 Å². The van der Waals surface area contributed by atoms with Crippen molar-refractivity contribution in [2.24, 2.45) is 0 Å². The van der Waals surface area contributed by atoms with Crippen LogP contribution in [-0.2, 0) is 11.4 Å². The van der Waals surface area contributed by atoms with E-state index in [0.717, 1.165) is 7.11 Å². The number of hydrogen-bond donors (Lipinski definition) is 1. The summed E-state index contributed by atoms with van der Waals surface area (Å²) in [6, 6.07) is 0. The predicted octanol–water partition coefficient (Wildman–Crippen LogP) is 1.67. The molecule has 0 bridgehead atoms. The molecule has 0 aromatic rings. The second-order valence-electron chi connectivity index (χ2n) is 0.175. The van der Waals surface area contributed by atoms with Crippen LogP contribution in [-0.4, -0.2) is 12.2 Å². The van der Waals surface area contributed by atoms with Crippen molar-refractivity contribution in [1.29, 1.82) is 0 Å². The van der Waals surface area contributed by atoms with Gasteiger partial charge in [0.05, 0.1) is 0 Å². The molecule has 0 spiro atoms. The molecule has 0 atom stereocenters. The first-order chi connectivity index (χ1) is 2.73. The van der Waals surface area contributed by atoms with Crippen molar-refractivity contribution in [3.8, 4) is 0 Å². The summed E-state index contributed by atoms with van der Waals surface area (Å²) in [5, 5.41) is 7.00. The molecule has 0 aromatic heterocycles. The SMILES string of the molecule is CO.[Cl][Cr]([Cl])[Cl]. The van der Waals surface area contributed by atoms with Gasteiger partial charge < -0.3 is 5.11 Å². The monoisotopic (exact) mass is 189 g/mol. The quantitative estimate of drug-likeness (QED) is 0.616. The Balaban J connectivity index is 0. The zero-order valence-electron chi connectivity index (χ0n) is 2.99. The molecule has 0 aliphatic carbocycles. The summed E-state index contributed by atoms with van der Waals surface area (Å²) < 4.78 is 0. The Kier molecular flexibility index (Phi) is 16.6. The van der Waals surface area contributed by atoms with Gasteiger partial charge in [0.1, 0.15) is 0 Å². The zero-order chi connectivity index (χ0) is 5.58. The molecule has 0 aromatic carbocycles. The van der Waals surface area contributed by atoms with Crippen LogP contribution in [0.15, 0.2) is 0 Å². The number of aliphatic hydroxyl groups excluding tert-OH is 1. The summed E-state index contributed by atoms with van der Waals surface area (Å²) in [7, 11) is 15.8. The van der Waals surface area contributed by atoms with E-state index in [-0.39, 0.29) is 0 Å². The van der Waals surface area contributed by atoms with Crippen LogP contribution in [0.2, 0.25) is 0 Å². The maximum absolute atomic E-state index is 7.00. The molecule has 0 radical (unpaired) electrons. The molecule has 0 fully saturated rings. The molecular weight excluding hydrogens is 186 g/mol. The van der Waals surface area contributed by atoms with Gasteiger partial charge >= 0.3 is 41.5 Å². The molecule has 0 rings (SSSR count). The van der Waals surface area contributed by atoms with E-state index in [9.17, 15) is 0 Å². The molecule has 0 aliphatic heterocycles. The van der Waals surface area contributed by atoms with Crippen molar-refractivity contribution >= 4 is 30.1 Å². The molecule has 6 heavy (non-hydrogen) atoms. The van der Waals surface area contributed by atoms with Gasteiger partial charge in [0, 0.05) is 7.11 Å². The van der Waals surface area contributed by atoms with Crippen molar-refractivity contribution in [3.63, 3.8) is 0 Å². The van der Waals surface area contributed by atoms with E-state index in [4.69, 9.17) is 35.3 Å². The summed E-state index contributed by atoms with van der Waals surface area (Å²) in [6.07, 6.45) is 0. The molecule has 0 aliphatic rings. The minimum absolute atomic E-state index is 1.00. The van der Waals surface area contributed by atoms with E-state index >= 15 is 0 Å². The molecule has 1 nitrogen and oxygen atoms in total. The average molecular weight is 190 g/mol. The Morgan fingerprint density at radius 3 is 1.17 bits per heavy atom. The zero-order valence-corrected chi connectivity index (χ0v) is 6.53. The van der Waals surface area contributed by atoms with Gasteiger partial charge in [0.25, 0.3) is 0 Å². The van der Waals surface area contributed by atoms with Crippen molar-refractivity contribution < 1.29 is 16.5 Å². The Morgan fingerprint density at radius 2 is 1.17 bits per heavy atom. The van der Waals surface area contributed by atoms with Crippen LogP contribution in [0.3, 0.4) is 0 Å². The normalized spacial score (nSPS) is 7.00. The molecule has 0 saturated heterocycles. The van der Waals surface area contributed by atoms with Gasteiger partial charge in [-0.1, -0.05) is 0 Å². The molecular formula is CH4Cl3CrO. The summed E-state index contributed by atoms with van der Waals surface area (Å²) in [6.45, 7) is 0. The first-order valence-electron chi connectivity index (χ1n) is 0.910. The average Bonchev–Trinajstić information content (AvgIpc) is 1.41. The van der Waals surface area contributed by atoms with Gasteiger partial charge in [-0.3, -0.25) is 0 Å². The Morgan fingerprint density at radius 1 is 1.17 bits per heavy atom. The van der Waals surface area contributed by atoms with Crippen LogP contribution in [0.5, 0.6) is 0 Å². The van der Waals surface area contributed by atoms with Gasteiger partial charge in [-0.25, -0.2) is 0 Å². The maximum atomic E-state index is 7.00. The molecule has 0 amide bonds. The second-order valence-corrected chi connectivity index (χ2v) is 6.49. The number of hydrogen-bond acceptors (Lipinski definition) is 1. The fraction of sp³-hybridized carbons (Fsp3) is 1.00. The van der Waals surface area contributed by atoms with E-state index < -0.39 is 11.4 Å². The molecule has 0 saturated carbocycles. The molecule has 0 unspecified atom stereocenters. The molecule has 5 heteroatoms. The number of rotatable bonds is 0.